The molecule has 0 bridgehead atoms. The molecule has 0 aliphatic rings. The summed E-state index contributed by atoms with van der Waals surface area (Å²) >= 11 is 0. The van der Waals surface area contributed by atoms with Gasteiger partial charge in [0.15, 0.2) is 0 Å². The molecule has 0 atom stereocenters. The van der Waals surface area contributed by atoms with E-state index < -0.39 is 15.9 Å². The Bertz CT molecular complexity index is 624. The van der Waals surface area contributed by atoms with Crippen molar-refractivity contribution < 1.29 is 18.0 Å². The van der Waals surface area contributed by atoms with Crippen LogP contribution in [0.25, 0.3) is 0 Å². The molecule has 1 rings (SSSR count). The maximum atomic E-state index is 11.8. The summed E-state index contributed by atoms with van der Waals surface area (Å²) in [4.78, 5) is 22.6. The van der Waals surface area contributed by atoms with Crippen LogP contribution in [0.5, 0.6) is 0 Å². The largest absolute Gasteiger partial charge is 0.326 e. The topological polar surface area (TPSA) is 92.3 Å². The molecule has 1 aromatic rings. The summed E-state index contributed by atoms with van der Waals surface area (Å²) in [5, 5.41) is 2.73. The summed E-state index contributed by atoms with van der Waals surface area (Å²) in [6, 6.07) is 5.71. The molecule has 0 fully saturated rings. The second-order valence-corrected chi connectivity index (χ2v) is 7.08. The van der Waals surface area contributed by atoms with E-state index in [-0.39, 0.29) is 10.8 Å². The molecular formula is C16H24N2O4S. The smallest absolute Gasteiger partial charge is 0.264 e. The first kappa shape index (κ1) is 19.2. The first-order valence-corrected chi connectivity index (χ1v) is 9.27. The summed E-state index contributed by atoms with van der Waals surface area (Å²) < 4.78 is 25.5. The molecule has 0 saturated heterocycles. The molecule has 23 heavy (non-hydrogen) atoms. The van der Waals surface area contributed by atoms with Gasteiger partial charge in [0.1, 0.15) is 0 Å². The summed E-state index contributed by atoms with van der Waals surface area (Å²) in [5.74, 6) is -0.732. The summed E-state index contributed by atoms with van der Waals surface area (Å²) in [7, 11) is -3.84. The number of anilines is 1. The van der Waals surface area contributed by atoms with Gasteiger partial charge in [0, 0.05) is 19.0 Å². The van der Waals surface area contributed by atoms with Gasteiger partial charge >= 0.3 is 0 Å². The van der Waals surface area contributed by atoms with Gasteiger partial charge in [-0.3, -0.25) is 9.59 Å². The highest BCUT2D eigenvalue weighted by atomic mass is 32.2. The zero-order valence-electron chi connectivity index (χ0n) is 13.6. The van der Waals surface area contributed by atoms with Gasteiger partial charge in [-0.1, -0.05) is 32.6 Å². The number of benzene rings is 1. The van der Waals surface area contributed by atoms with Crippen LogP contribution in [0.15, 0.2) is 29.2 Å². The molecule has 0 saturated carbocycles. The summed E-state index contributed by atoms with van der Waals surface area (Å²) in [6.07, 6.45) is 5.83. The van der Waals surface area contributed by atoms with Crippen molar-refractivity contribution >= 4 is 27.5 Å². The average Bonchev–Trinajstić information content (AvgIpc) is 2.46. The van der Waals surface area contributed by atoms with Crippen molar-refractivity contribution in [3.05, 3.63) is 24.3 Å². The Balaban J connectivity index is 2.51. The van der Waals surface area contributed by atoms with Gasteiger partial charge in [-0.05, 0) is 30.7 Å². The van der Waals surface area contributed by atoms with Gasteiger partial charge in [0.2, 0.25) is 11.8 Å². The number of amides is 2. The van der Waals surface area contributed by atoms with Gasteiger partial charge in [0.05, 0.1) is 4.90 Å². The molecule has 2 N–H and O–H groups in total. The molecule has 1 aromatic carbocycles. The number of rotatable bonds is 9. The van der Waals surface area contributed by atoms with Crippen LogP contribution >= 0.6 is 0 Å². The third-order valence-electron chi connectivity index (χ3n) is 3.23. The molecule has 128 valence electrons. The lowest BCUT2D eigenvalue weighted by molar-refractivity contribution is -0.117. The fourth-order valence-corrected chi connectivity index (χ4v) is 3.07. The fraction of sp³-hybridized carbons (Fsp3) is 0.500. The van der Waals surface area contributed by atoms with Crippen LogP contribution in [0.1, 0.15) is 52.4 Å². The van der Waals surface area contributed by atoms with Crippen molar-refractivity contribution in [3.8, 4) is 0 Å². The zero-order chi connectivity index (χ0) is 17.3. The third-order valence-corrected chi connectivity index (χ3v) is 4.68. The number of sulfonamides is 1. The van der Waals surface area contributed by atoms with Crippen molar-refractivity contribution in [2.24, 2.45) is 0 Å². The lowest BCUT2D eigenvalue weighted by atomic mass is 10.1. The van der Waals surface area contributed by atoms with Crippen LogP contribution in [0, 0.1) is 0 Å². The molecule has 6 nitrogen and oxygen atoms in total. The normalized spacial score (nSPS) is 11.0. The van der Waals surface area contributed by atoms with E-state index in [9.17, 15) is 18.0 Å². The average molecular weight is 340 g/mol. The number of hydrogen-bond acceptors (Lipinski definition) is 4. The fourth-order valence-electron chi connectivity index (χ4n) is 2.08. The Hall–Kier alpha value is -1.89. The molecule has 0 aliphatic heterocycles. The number of unbranched alkanes of at least 4 members (excludes halogenated alkanes) is 4. The molecule has 0 aliphatic carbocycles. The SMILES string of the molecule is CCCCCCCC(=O)Nc1ccc(S(=O)(=O)NC(C)=O)cc1. The first-order valence-electron chi connectivity index (χ1n) is 7.78. The first-order chi connectivity index (χ1) is 10.8. The van der Waals surface area contributed by atoms with Crippen LogP contribution in [0.4, 0.5) is 5.69 Å². The Morgan fingerprint density at radius 2 is 1.61 bits per heavy atom. The molecule has 0 unspecified atom stereocenters. The van der Waals surface area contributed by atoms with E-state index in [0.717, 1.165) is 26.2 Å². The predicted octanol–water partition coefficient (Wildman–Crippen LogP) is 2.81. The molecule has 0 radical (unpaired) electrons. The molecular weight excluding hydrogens is 316 g/mol. The van der Waals surface area contributed by atoms with Gasteiger partial charge < -0.3 is 5.32 Å². The Morgan fingerprint density at radius 1 is 1.00 bits per heavy atom. The minimum Gasteiger partial charge on any atom is -0.326 e. The van der Waals surface area contributed by atoms with Gasteiger partial charge in [-0.15, -0.1) is 0 Å². The molecule has 0 spiro atoms. The van der Waals surface area contributed by atoms with E-state index in [4.69, 9.17) is 0 Å². The second-order valence-electron chi connectivity index (χ2n) is 5.40. The van der Waals surface area contributed by atoms with Crippen LogP contribution in [-0.4, -0.2) is 20.2 Å². The predicted molar refractivity (Wildman–Crippen MR) is 89.5 cm³/mol. The van der Waals surface area contributed by atoms with E-state index in [0.29, 0.717) is 12.1 Å². The number of hydrogen-bond donors (Lipinski definition) is 2. The van der Waals surface area contributed by atoms with E-state index in [2.05, 4.69) is 12.2 Å². The van der Waals surface area contributed by atoms with Crippen molar-refractivity contribution in [2.75, 3.05) is 5.32 Å². The highest BCUT2D eigenvalue weighted by molar-refractivity contribution is 7.90. The Kier molecular flexibility index (Phi) is 7.74. The monoisotopic (exact) mass is 340 g/mol. The number of carbonyl (C=O) groups is 2. The molecule has 2 amide bonds. The minimum atomic E-state index is -3.84. The van der Waals surface area contributed by atoms with E-state index in [1.54, 1.807) is 0 Å². The van der Waals surface area contributed by atoms with Crippen molar-refractivity contribution in [3.63, 3.8) is 0 Å². The maximum Gasteiger partial charge on any atom is 0.264 e. The molecule has 0 heterocycles. The highest BCUT2D eigenvalue weighted by Crippen LogP contribution is 2.15. The Morgan fingerprint density at radius 3 is 2.17 bits per heavy atom. The van der Waals surface area contributed by atoms with Gasteiger partial charge in [-0.2, -0.15) is 0 Å². The lowest BCUT2D eigenvalue weighted by Gasteiger charge is -2.07. The Labute approximate surface area is 137 Å². The lowest BCUT2D eigenvalue weighted by Crippen LogP contribution is -2.28. The molecule has 7 heteroatoms. The minimum absolute atomic E-state index is 0.0229. The second kappa shape index (κ2) is 9.29. The third kappa shape index (κ3) is 7.27. The molecule has 0 aromatic heterocycles. The van der Waals surface area contributed by atoms with Crippen molar-refractivity contribution in [1.82, 2.24) is 4.72 Å². The van der Waals surface area contributed by atoms with Crippen LogP contribution in [0.2, 0.25) is 0 Å². The maximum absolute atomic E-state index is 11.8. The zero-order valence-corrected chi connectivity index (χ0v) is 14.4. The quantitative estimate of drug-likeness (QED) is 0.676. The van der Waals surface area contributed by atoms with Crippen molar-refractivity contribution in [1.29, 1.82) is 0 Å². The standard InChI is InChI=1S/C16H24N2O4S/c1-3-4-5-6-7-8-16(20)17-14-9-11-15(12-10-14)23(21,22)18-13(2)19/h9-12H,3-8H2,1-2H3,(H,17,20)(H,18,19). The van der Waals surface area contributed by atoms with Gasteiger partial charge in [-0.25, -0.2) is 13.1 Å². The number of carbonyl (C=O) groups excluding carboxylic acids is 2. The summed E-state index contributed by atoms with van der Waals surface area (Å²) in [6.45, 7) is 3.27. The van der Waals surface area contributed by atoms with Crippen LogP contribution < -0.4 is 10.0 Å². The van der Waals surface area contributed by atoms with Gasteiger partial charge in [0.25, 0.3) is 10.0 Å². The number of nitrogens with one attached hydrogen (secondary N) is 2. The van der Waals surface area contributed by atoms with Crippen molar-refractivity contribution in [2.45, 2.75) is 57.3 Å². The van der Waals surface area contributed by atoms with E-state index in [1.807, 2.05) is 4.72 Å². The summed E-state index contributed by atoms with van der Waals surface area (Å²) in [5.41, 5.74) is 0.533. The van der Waals surface area contributed by atoms with E-state index in [1.165, 1.54) is 37.1 Å². The van der Waals surface area contributed by atoms with E-state index >= 15 is 0 Å². The van der Waals surface area contributed by atoms with Crippen LogP contribution in [0.3, 0.4) is 0 Å². The highest BCUT2D eigenvalue weighted by Gasteiger charge is 2.15. The van der Waals surface area contributed by atoms with Crippen LogP contribution in [-0.2, 0) is 19.6 Å².